The van der Waals surface area contributed by atoms with Gasteiger partial charge in [-0.15, -0.1) is 24.2 Å². The molecule has 1 aliphatic rings. The van der Waals surface area contributed by atoms with Gasteiger partial charge in [0.05, 0.1) is 12.0 Å². The highest BCUT2D eigenvalue weighted by Crippen LogP contribution is 2.11. The maximum Gasteiger partial charge on any atom is 0.0767 e. The summed E-state index contributed by atoms with van der Waals surface area (Å²) >= 11 is 1.78. The Morgan fingerprint density at radius 1 is 1.75 bits per heavy atom. The molecule has 50 valence electrons. The van der Waals surface area contributed by atoms with Gasteiger partial charge in [0.25, 0.3) is 0 Å². The fourth-order valence-electron chi connectivity index (χ4n) is 0.597. The van der Waals surface area contributed by atoms with Crippen molar-refractivity contribution in [3.8, 4) is 0 Å². The standard InChI is InChI=1S/C4H9NOS.ClH/c6-3-4-5-1-2-7-4;/h4-6H,1-3H2;1H. The first-order valence-electron chi connectivity index (χ1n) is 2.39. The summed E-state index contributed by atoms with van der Waals surface area (Å²) in [5.41, 5.74) is 0. The van der Waals surface area contributed by atoms with E-state index in [1.54, 1.807) is 11.8 Å². The molecule has 1 rings (SSSR count). The molecule has 0 aromatic heterocycles. The van der Waals surface area contributed by atoms with Crippen molar-refractivity contribution in [1.82, 2.24) is 5.32 Å². The highest BCUT2D eigenvalue weighted by molar-refractivity contribution is 8.00. The van der Waals surface area contributed by atoms with Crippen LogP contribution < -0.4 is 5.32 Å². The third-order valence-corrected chi connectivity index (χ3v) is 2.12. The maximum absolute atomic E-state index is 8.48. The second kappa shape index (κ2) is 4.44. The first kappa shape index (κ1) is 8.56. The molecule has 0 spiro atoms. The molecular weight excluding hydrogens is 146 g/mol. The van der Waals surface area contributed by atoms with Crippen LogP contribution >= 0.6 is 24.2 Å². The van der Waals surface area contributed by atoms with Gasteiger partial charge in [0.1, 0.15) is 0 Å². The van der Waals surface area contributed by atoms with Gasteiger partial charge in [-0.25, -0.2) is 0 Å². The molecular formula is C4H10ClNOS. The van der Waals surface area contributed by atoms with Crippen LogP contribution in [0.25, 0.3) is 0 Å². The average Bonchev–Trinajstić information content (AvgIpc) is 2.14. The molecule has 1 aliphatic heterocycles. The van der Waals surface area contributed by atoms with Crippen LogP contribution in [0.2, 0.25) is 0 Å². The molecule has 0 aliphatic carbocycles. The fraction of sp³-hybridized carbons (Fsp3) is 1.00. The zero-order chi connectivity index (χ0) is 5.11. The van der Waals surface area contributed by atoms with Crippen molar-refractivity contribution in [2.75, 3.05) is 18.9 Å². The van der Waals surface area contributed by atoms with Crippen molar-refractivity contribution >= 4 is 24.2 Å². The lowest BCUT2D eigenvalue weighted by Gasteiger charge is -2.00. The van der Waals surface area contributed by atoms with E-state index < -0.39 is 0 Å². The van der Waals surface area contributed by atoms with E-state index in [0.29, 0.717) is 5.37 Å². The van der Waals surface area contributed by atoms with Crippen molar-refractivity contribution in [3.63, 3.8) is 0 Å². The second-order valence-electron chi connectivity index (χ2n) is 1.50. The van der Waals surface area contributed by atoms with Gasteiger partial charge in [-0.2, -0.15) is 0 Å². The largest absolute Gasteiger partial charge is 0.394 e. The molecule has 8 heavy (non-hydrogen) atoms. The van der Waals surface area contributed by atoms with Crippen LogP contribution in [-0.4, -0.2) is 29.4 Å². The third-order valence-electron chi connectivity index (χ3n) is 0.959. The highest BCUT2D eigenvalue weighted by atomic mass is 35.5. The molecule has 2 nitrogen and oxygen atoms in total. The molecule has 1 atom stereocenters. The van der Waals surface area contributed by atoms with Crippen molar-refractivity contribution in [2.45, 2.75) is 5.37 Å². The highest BCUT2D eigenvalue weighted by Gasteiger charge is 2.11. The van der Waals surface area contributed by atoms with Crippen LogP contribution in [0.4, 0.5) is 0 Å². The van der Waals surface area contributed by atoms with E-state index in [1.807, 2.05) is 0 Å². The van der Waals surface area contributed by atoms with Crippen molar-refractivity contribution in [1.29, 1.82) is 0 Å². The van der Waals surface area contributed by atoms with Crippen LogP contribution in [0.3, 0.4) is 0 Å². The SMILES string of the molecule is Cl.OCC1NCCS1. The van der Waals surface area contributed by atoms with Gasteiger partial charge in [0.15, 0.2) is 0 Å². The van der Waals surface area contributed by atoms with Crippen LogP contribution in [0.1, 0.15) is 0 Å². The summed E-state index contributed by atoms with van der Waals surface area (Å²) in [4.78, 5) is 0. The summed E-state index contributed by atoms with van der Waals surface area (Å²) in [6, 6.07) is 0. The first-order valence-corrected chi connectivity index (χ1v) is 3.44. The molecule has 1 unspecified atom stereocenters. The Labute approximate surface area is 59.4 Å². The quantitative estimate of drug-likeness (QED) is 0.562. The number of hydrogen-bond acceptors (Lipinski definition) is 3. The van der Waals surface area contributed by atoms with Crippen LogP contribution in [0.15, 0.2) is 0 Å². The number of nitrogens with one attached hydrogen (secondary N) is 1. The number of aliphatic hydroxyl groups is 1. The van der Waals surface area contributed by atoms with Gasteiger partial charge in [0, 0.05) is 12.3 Å². The average molecular weight is 156 g/mol. The van der Waals surface area contributed by atoms with Crippen molar-refractivity contribution in [2.24, 2.45) is 0 Å². The monoisotopic (exact) mass is 155 g/mol. The van der Waals surface area contributed by atoms with Gasteiger partial charge in [0.2, 0.25) is 0 Å². The molecule has 0 bridgehead atoms. The van der Waals surface area contributed by atoms with E-state index in [-0.39, 0.29) is 19.0 Å². The second-order valence-corrected chi connectivity index (χ2v) is 2.81. The van der Waals surface area contributed by atoms with Gasteiger partial charge in [-0.1, -0.05) is 0 Å². The zero-order valence-corrected chi connectivity index (χ0v) is 6.10. The Balaban J connectivity index is 0.000000490. The molecule has 0 aromatic carbocycles. The lowest BCUT2D eigenvalue weighted by Crippen LogP contribution is -2.22. The topological polar surface area (TPSA) is 32.3 Å². The predicted octanol–water partition coefficient (Wildman–Crippen LogP) is 0.0630. The van der Waals surface area contributed by atoms with Crippen molar-refractivity contribution in [3.05, 3.63) is 0 Å². The number of rotatable bonds is 1. The lowest BCUT2D eigenvalue weighted by atomic mass is 10.6. The predicted molar refractivity (Wildman–Crippen MR) is 38.6 cm³/mol. The Hall–Kier alpha value is 0.560. The third kappa shape index (κ3) is 2.22. The van der Waals surface area contributed by atoms with Gasteiger partial charge in [-0.3, -0.25) is 0 Å². The Morgan fingerprint density at radius 2 is 2.50 bits per heavy atom. The molecule has 1 heterocycles. The number of aliphatic hydroxyl groups excluding tert-OH is 1. The number of hydrogen-bond donors (Lipinski definition) is 2. The lowest BCUT2D eigenvalue weighted by molar-refractivity contribution is 0.285. The van der Waals surface area contributed by atoms with Crippen molar-refractivity contribution < 1.29 is 5.11 Å². The summed E-state index contributed by atoms with van der Waals surface area (Å²) < 4.78 is 0. The smallest absolute Gasteiger partial charge is 0.0767 e. The summed E-state index contributed by atoms with van der Waals surface area (Å²) in [5.74, 6) is 1.14. The van der Waals surface area contributed by atoms with Gasteiger partial charge < -0.3 is 10.4 Å². The van der Waals surface area contributed by atoms with Crippen LogP contribution in [0.5, 0.6) is 0 Å². The maximum atomic E-state index is 8.48. The molecule has 1 saturated heterocycles. The van der Waals surface area contributed by atoms with E-state index in [0.717, 1.165) is 12.3 Å². The molecule has 4 heteroatoms. The Morgan fingerprint density at radius 3 is 2.75 bits per heavy atom. The summed E-state index contributed by atoms with van der Waals surface area (Å²) in [6.45, 7) is 1.32. The normalized spacial score (nSPS) is 27.4. The van der Waals surface area contributed by atoms with E-state index >= 15 is 0 Å². The van der Waals surface area contributed by atoms with E-state index in [4.69, 9.17) is 5.11 Å². The molecule has 0 radical (unpaired) electrons. The van der Waals surface area contributed by atoms with E-state index in [9.17, 15) is 0 Å². The van der Waals surface area contributed by atoms with E-state index in [1.165, 1.54) is 0 Å². The fourth-order valence-corrected chi connectivity index (χ4v) is 1.46. The Kier molecular flexibility index (Phi) is 4.75. The molecule has 0 amide bonds. The minimum Gasteiger partial charge on any atom is -0.394 e. The first-order chi connectivity index (χ1) is 3.43. The molecule has 0 saturated carbocycles. The zero-order valence-electron chi connectivity index (χ0n) is 4.46. The van der Waals surface area contributed by atoms with Crippen LogP contribution in [-0.2, 0) is 0 Å². The summed E-state index contributed by atoms with van der Waals surface area (Å²) in [6.07, 6.45) is 0. The van der Waals surface area contributed by atoms with Crippen LogP contribution in [0, 0.1) is 0 Å². The van der Waals surface area contributed by atoms with Gasteiger partial charge >= 0.3 is 0 Å². The Bertz CT molecular complexity index is 58.0. The number of thioether (sulfide) groups is 1. The minimum atomic E-state index is 0. The number of halogens is 1. The molecule has 1 fully saturated rings. The molecule has 2 N–H and O–H groups in total. The van der Waals surface area contributed by atoms with E-state index in [2.05, 4.69) is 5.32 Å². The molecule has 0 aromatic rings. The summed E-state index contributed by atoms with van der Waals surface area (Å²) in [5, 5.41) is 11.9. The summed E-state index contributed by atoms with van der Waals surface area (Å²) in [7, 11) is 0. The minimum absolute atomic E-state index is 0. The van der Waals surface area contributed by atoms with Gasteiger partial charge in [-0.05, 0) is 0 Å².